The highest BCUT2D eigenvalue weighted by molar-refractivity contribution is 5.89. The van der Waals surface area contributed by atoms with Gasteiger partial charge in [0.2, 0.25) is 0 Å². The second-order valence-corrected chi connectivity index (χ2v) is 4.25. The van der Waals surface area contributed by atoms with E-state index in [0.29, 0.717) is 5.56 Å². The monoisotopic (exact) mass is 273 g/mol. The van der Waals surface area contributed by atoms with Crippen molar-refractivity contribution in [3.8, 4) is 0 Å². The smallest absolute Gasteiger partial charge is 0.337 e. The van der Waals surface area contributed by atoms with E-state index in [2.05, 4.69) is 10.1 Å². The minimum Gasteiger partial charge on any atom is -0.465 e. The van der Waals surface area contributed by atoms with Crippen LogP contribution in [0, 0.1) is 5.82 Å². The Morgan fingerprint density at radius 1 is 1.39 bits per heavy atom. The van der Waals surface area contributed by atoms with E-state index < -0.39 is 5.97 Å². The van der Waals surface area contributed by atoms with Crippen molar-refractivity contribution < 1.29 is 13.9 Å². The topological polar surface area (TPSA) is 38.3 Å². The summed E-state index contributed by atoms with van der Waals surface area (Å²) >= 11 is 0. The fourth-order valence-electron chi connectivity index (χ4n) is 2.24. The van der Waals surface area contributed by atoms with Crippen LogP contribution in [0.25, 0.3) is 0 Å². The van der Waals surface area contributed by atoms with Gasteiger partial charge >= 0.3 is 5.97 Å². The van der Waals surface area contributed by atoms with E-state index in [1.54, 1.807) is 12.1 Å². The van der Waals surface area contributed by atoms with Gasteiger partial charge in [0, 0.05) is 0 Å². The quantitative estimate of drug-likeness (QED) is 0.842. The van der Waals surface area contributed by atoms with Crippen molar-refractivity contribution >= 4 is 18.4 Å². The molecular formula is C13H17ClFNO2. The highest BCUT2D eigenvalue weighted by Crippen LogP contribution is 2.27. The Morgan fingerprint density at radius 3 is 2.61 bits per heavy atom. The summed E-state index contributed by atoms with van der Waals surface area (Å²) in [6.45, 7) is 1.84. The number of ether oxygens (including phenoxy) is 1. The third-order valence-electron chi connectivity index (χ3n) is 3.20. The van der Waals surface area contributed by atoms with Crippen LogP contribution in [0.15, 0.2) is 18.2 Å². The SMILES string of the molecule is COC(=O)c1ccc(C2CCNCC2)c(F)c1.Cl. The van der Waals surface area contributed by atoms with Gasteiger partial charge in [-0.1, -0.05) is 6.07 Å². The molecule has 5 heteroatoms. The molecule has 0 amide bonds. The lowest BCUT2D eigenvalue weighted by molar-refractivity contribution is 0.0600. The Morgan fingerprint density at radius 2 is 2.06 bits per heavy atom. The number of rotatable bonds is 2. The number of carbonyl (C=O) groups is 1. The highest BCUT2D eigenvalue weighted by atomic mass is 35.5. The maximum Gasteiger partial charge on any atom is 0.337 e. The summed E-state index contributed by atoms with van der Waals surface area (Å²) in [6.07, 6.45) is 1.88. The van der Waals surface area contributed by atoms with Gasteiger partial charge in [0.1, 0.15) is 5.82 Å². The molecule has 100 valence electrons. The molecule has 0 bridgehead atoms. The molecule has 18 heavy (non-hydrogen) atoms. The number of hydrogen-bond acceptors (Lipinski definition) is 3. The molecular weight excluding hydrogens is 257 g/mol. The molecule has 1 aromatic rings. The maximum absolute atomic E-state index is 13.9. The Labute approximate surface area is 112 Å². The Hall–Kier alpha value is -1.13. The number of benzene rings is 1. The molecule has 0 unspecified atom stereocenters. The third kappa shape index (κ3) is 3.21. The molecule has 0 atom stereocenters. The van der Waals surface area contributed by atoms with Gasteiger partial charge in [-0.3, -0.25) is 0 Å². The van der Waals surface area contributed by atoms with Crippen molar-refractivity contribution in [2.24, 2.45) is 0 Å². The van der Waals surface area contributed by atoms with Crippen molar-refractivity contribution in [2.45, 2.75) is 18.8 Å². The average molecular weight is 274 g/mol. The molecule has 1 heterocycles. The summed E-state index contributed by atoms with van der Waals surface area (Å²) in [5.74, 6) is -0.552. The first-order valence-electron chi connectivity index (χ1n) is 5.81. The van der Waals surface area contributed by atoms with Gasteiger partial charge in [0.15, 0.2) is 0 Å². The Kier molecular flexibility index (Phi) is 5.56. The number of esters is 1. The zero-order valence-electron chi connectivity index (χ0n) is 10.2. The molecule has 1 aliphatic rings. The lowest BCUT2D eigenvalue weighted by Crippen LogP contribution is -2.27. The van der Waals surface area contributed by atoms with Crippen LogP contribution in [0.5, 0.6) is 0 Å². The van der Waals surface area contributed by atoms with E-state index in [9.17, 15) is 9.18 Å². The van der Waals surface area contributed by atoms with Crippen LogP contribution in [0.3, 0.4) is 0 Å². The van der Waals surface area contributed by atoms with E-state index >= 15 is 0 Å². The van der Waals surface area contributed by atoms with Gasteiger partial charge in [-0.2, -0.15) is 0 Å². The van der Waals surface area contributed by atoms with Crippen LogP contribution in [-0.2, 0) is 4.74 Å². The summed E-state index contributed by atoms with van der Waals surface area (Å²) in [6, 6.07) is 4.60. The minimum absolute atomic E-state index is 0. The average Bonchev–Trinajstić information content (AvgIpc) is 2.38. The fraction of sp³-hybridized carbons (Fsp3) is 0.462. The van der Waals surface area contributed by atoms with E-state index in [-0.39, 0.29) is 29.7 Å². The molecule has 1 aromatic carbocycles. The van der Waals surface area contributed by atoms with Crippen LogP contribution in [0.1, 0.15) is 34.7 Å². The van der Waals surface area contributed by atoms with Crippen molar-refractivity contribution in [2.75, 3.05) is 20.2 Å². The van der Waals surface area contributed by atoms with Crippen molar-refractivity contribution in [3.05, 3.63) is 35.1 Å². The van der Waals surface area contributed by atoms with Crippen LogP contribution >= 0.6 is 12.4 Å². The summed E-state index contributed by atoms with van der Waals surface area (Å²) in [5.41, 5.74) is 0.974. The molecule has 1 aliphatic heterocycles. The first-order chi connectivity index (χ1) is 8.22. The number of nitrogens with one attached hydrogen (secondary N) is 1. The lowest BCUT2D eigenvalue weighted by Gasteiger charge is -2.23. The van der Waals surface area contributed by atoms with E-state index in [1.165, 1.54) is 13.2 Å². The molecule has 1 fully saturated rings. The largest absolute Gasteiger partial charge is 0.465 e. The molecule has 0 radical (unpaired) electrons. The summed E-state index contributed by atoms with van der Waals surface area (Å²) < 4.78 is 18.5. The fourth-order valence-corrected chi connectivity index (χ4v) is 2.24. The van der Waals surface area contributed by atoms with E-state index in [1.807, 2.05) is 0 Å². The molecule has 0 aromatic heterocycles. The standard InChI is InChI=1S/C13H16FNO2.ClH/c1-17-13(16)10-2-3-11(12(14)8-10)9-4-6-15-7-5-9;/h2-3,8-9,15H,4-7H2,1H3;1H. The molecule has 0 aliphatic carbocycles. The summed E-state index contributed by atoms with van der Waals surface area (Å²) in [7, 11) is 1.29. The predicted molar refractivity (Wildman–Crippen MR) is 69.8 cm³/mol. The first-order valence-corrected chi connectivity index (χ1v) is 5.81. The highest BCUT2D eigenvalue weighted by Gasteiger charge is 2.19. The van der Waals surface area contributed by atoms with Crippen LogP contribution in [0.4, 0.5) is 4.39 Å². The predicted octanol–water partition coefficient (Wildman–Crippen LogP) is 2.50. The first kappa shape index (κ1) is 14.9. The van der Waals surface area contributed by atoms with Crippen LogP contribution in [-0.4, -0.2) is 26.2 Å². The third-order valence-corrected chi connectivity index (χ3v) is 3.20. The van der Waals surface area contributed by atoms with Gasteiger partial charge in [0.05, 0.1) is 12.7 Å². The molecule has 3 nitrogen and oxygen atoms in total. The molecule has 1 N–H and O–H groups in total. The van der Waals surface area contributed by atoms with Gasteiger partial charge in [0.25, 0.3) is 0 Å². The van der Waals surface area contributed by atoms with Gasteiger partial charge in [-0.15, -0.1) is 12.4 Å². The zero-order valence-corrected chi connectivity index (χ0v) is 11.1. The Bertz CT molecular complexity index is 419. The second-order valence-electron chi connectivity index (χ2n) is 4.25. The normalized spacial score (nSPS) is 15.9. The molecule has 2 rings (SSSR count). The minimum atomic E-state index is -0.499. The number of piperidine rings is 1. The van der Waals surface area contributed by atoms with Gasteiger partial charge in [-0.25, -0.2) is 9.18 Å². The molecule has 1 saturated heterocycles. The summed E-state index contributed by atoms with van der Waals surface area (Å²) in [4.78, 5) is 11.3. The number of halogens is 2. The van der Waals surface area contributed by atoms with Gasteiger partial charge in [-0.05, 0) is 49.5 Å². The molecule has 0 saturated carbocycles. The Balaban J connectivity index is 0.00000162. The van der Waals surface area contributed by atoms with Gasteiger partial charge < -0.3 is 10.1 Å². The molecule has 0 spiro atoms. The van der Waals surface area contributed by atoms with Crippen LogP contribution in [0.2, 0.25) is 0 Å². The van der Waals surface area contributed by atoms with Crippen molar-refractivity contribution in [1.82, 2.24) is 5.32 Å². The van der Waals surface area contributed by atoms with E-state index in [4.69, 9.17) is 0 Å². The zero-order chi connectivity index (χ0) is 12.3. The van der Waals surface area contributed by atoms with Crippen molar-refractivity contribution in [1.29, 1.82) is 0 Å². The maximum atomic E-state index is 13.9. The summed E-state index contributed by atoms with van der Waals surface area (Å²) in [5, 5.41) is 3.25. The van der Waals surface area contributed by atoms with Crippen molar-refractivity contribution in [3.63, 3.8) is 0 Å². The number of carbonyl (C=O) groups excluding carboxylic acids is 1. The van der Waals surface area contributed by atoms with Crippen LogP contribution < -0.4 is 5.32 Å². The van der Waals surface area contributed by atoms with E-state index in [0.717, 1.165) is 25.9 Å². The second kappa shape index (κ2) is 6.71. The number of methoxy groups -OCH3 is 1. The number of hydrogen-bond donors (Lipinski definition) is 1. The lowest BCUT2D eigenvalue weighted by atomic mass is 9.89.